The van der Waals surface area contributed by atoms with Crippen LogP contribution in [-0.4, -0.2) is 29.9 Å². The van der Waals surface area contributed by atoms with Crippen molar-refractivity contribution in [1.29, 1.82) is 0 Å². The van der Waals surface area contributed by atoms with Crippen molar-refractivity contribution in [3.63, 3.8) is 0 Å². The number of hydrogen-bond donors (Lipinski definition) is 2. The maximum Gasteiger partial charge on any atom is 0.258 e. The van der Waals surface area contributed by atoms with E-state index in [4.69, 9.17) is 16.3 Å². The number of amides is 2. The van der Waals surface area contributed by atoms with Crippen LogP contribution in [0.25, 0.3) is 20.3 Å². The molecule has 0 unspecified atom stereocenters. The zero-order valence-electron chi connectivity index (χ0n) is 15.3. The fraction of sp³-hybridized carbons (Fsp3) is 0.150. The molecule has 2 heterocycles. The molecule has 0 fully saturated rings. The van der Waals surface area contributed by atoms with Crippen molar-refractivity contribution < 1.29 is 14.3 Å². The molecule has 29 heavy (non-hydrogen) atoms. The lowest BCUT2D eigenvalue weighted by Crippen LogP contribution is -2.35. The normalized spacial score (nSPS) is 11.0. The highest BCUT2D eigenvalue weighted by molar-refractivity contribution is 7.21. The summed E-state index contributed by atoms with van der Waals surface area (Å²) in [4.78, 5) is 28.7. The van der Waals surface area contributed by atoms with Crippen LogP contribution >= 0.6 is 34.3 Å². The first-order chi connectivity index (χ1) is 14.0. The number of aromatic nitrogens is 1. The summed E-state index contributed by atoms with van der Waals surface area (Å²) in [6.07, 6.45) is 0. The molecule has 0 aliphatic rings. The molecular formula is C20H16ClN3O3S2. The molecule has 4 rings (SSSR count). The molecule has 2 amide bonds. The molecule has 0 bridgehead atoms. The van der Waals surface area contributed by atoms with Crippen molar-refractivity contribution in [3.8, 4) is 5.75 Å². The van der Waals surface area contributed by atoms with Gasteiger partial charge in [0.25, 0.3) is 5.91 Å². The third-order valence-corrected chi connectivity index (χ3v) is 6.19. The molecule has 2 aromatic heterocycles. The predicted molar refractivity (Wildman–Crippen MR) is 118 cm³/mol. The standard InChI is InChI=1S/C20H16ClN3O3S2/c1-11-23-19-16(29-11)8-15(14-6-7-28-20(14)19)27-10-18(26)22-9-17(25)24-13-4-2-12(21)3-5-13/h2-8H,9-10H2,1H3,(H,22,26)(H,24,25). The summed E-state index contributed by atoms with van der Waals surface area (Å²) < 4.78 is 7.82. The molecule has 0 spiro atoms. The highest BCUT2D eigenvalue weighted by Gasteiger charge is 2.14. The highest BCUT2D eigenvalue weighted by atomic mass is 35.5. The van der Waals surface area contributed by atoms with Gasteiger partial charge in [-0.15, -0.1) is 22.7 Å². The molecule has 0 saturated heterocycles. The number of halogens is 1. The van der Waals surface area contributed by atoms with Crippen molar-refractivity contribution in [1.82, 2.24) is 10.3 Å². The number of aryl methyl sites for hydroxylation is 1. The summed E-state index contributed by atoms with van der Waals surface area (Å²) in [5.74, 6) is -0.0687. The molecule has 9 heteroatoms. The first-order valence-electron chi connectivity index (χ1n) is 8.72. The molecule has 148 valence electrons. The summed E-state index contributed by atoms with van der Waals surface area (Å²) in [6, 6.07) is 10.6. The quantitative estimate of drug-likeness (QED) is 0.454. The predicted octanol–water partition coefficient (Wildman–Crippen LogP) is 4.61. The average Bonchev–Trinajstić information content (AvgIpc) is 3.32. The second kappa shape index (κ2) is 8.36. The SMILES string of the molecule is Cc1nc2c(cc(OCC(=O)NCC(=O)Nc3ccc(Cl)cc3)c3ccsc32)s1. The van der Waals surface area contributed by atoms with Gasteiger partial charge in [0.15, 0.2) is 6.61 Å². The number of fused-ring (bicyclic) bond motifs is 3. The molecule has 2 aromatic carbocycles. The van der Waals surface area contributed by atoms with E-state index in [0.29, 0.717) is 16.5 Å². The summed E-state index contributed by atoms with van der Waals surface area (Å²) >= 11 is 9.00. The van der Waals surface area contributed by atoms with Crippen LogP contribution in [0.2, 0.25) is 5.02 Å². The Morgan fingerprint density at radius 3 is 2.76 bits per heavy atom. The van der Waals surface area contributed by atoms with Gasteiger partial charge < -0.3 is 15.4 Å². The van der Waals surface area contributed by atoms with E-state index in [1.807, 2.05) is 24.4 Å². The first kappa shape index (κ1) is 19.6. The van der Waals surface area contributed by atoms with Crippen LogP contribution in [0.5, 0.6) is 5.75 Å². The summed E-state index contributed by atoms with van der Waals surface area (Å²) in [7, 11) is 0. The van der Waals surface area contributed by atoms with Gasteiger partial charge in [-0.2, -0.15) is 0 Å². The Labute approximate surface area is 179 Å². The number of nitrogens with zero attached hydrogens (tertiary/aromatic N) is 1. The topological polar surface area (TPSA) is 80.3 Å². The number of hydrogen-bond acceptors (Lipinski definition) is 6. The van der Waals surface area contributed by atoms with E-state index in [1.165, 1.54) is 0 Å². The molecule has 0 atom stereocenters. The van der Waals surface area contributed by atoms with Crippen molar-refractivity contribution in [3.05, 3.63) is 51.8 Å². The number of anilines is 1. The van der Waals surface area contributed by atoms with Gasteiger partial charge >= 0.3 is 0 Å². The largest absolute Gasteiger partial charge is 0.483 e. The van der Waals surface area contributed by atoms with Crippen LogP contribution in [0.4, 0.5) is 5.69 Å². The Morgan fingerprint density at radius 2 is 1.97 bits per heavy atom. The number of thiazole rings is 1. The van der Waals surface area contributed by atoms with Crippen LogP contribution in [0, 0.1) is 6.92 Å². The van der Waals surface area contributed by atoms with Crippen LogP contribution in [0.3, 0.4) is 0 Å². The van der Waals surface area contributed by atoms with Crippen molar-refractivity contribution >= 4 is 72.1 Å². The lowest BCUT2D eigenvalue weighted by atomic mass is 10.2. The molecule has 4 aromatic rings. The van der Waals surface area contributed by atoms with E-state index in [2.05, 4.69) is 15.6 Å². The van der Waals surface area contributed by atoms with E-state index in [9.17, 15) is 9.59 Å². The van der Waals surface area contributed by atoms with Gasteiger partial charge in [-0.3, -0.25) is 9.59 Å². The van der Waals surface area contributed by atoms with Crippen molar-refractivity contribution in [2.75, 3.05) is 18.5 Å². The van der Waals surface area contributed by atoms with E-state index < -0.39 is 0 Å². The molecule has 0 saturated carbocycles. The third kappa shape index (κ3) is 4.50. The monoisotopic (exact) mass is 445 g/mol. The Morgan fingerprint density at radius 1 is 1.17 bits per heavy atom. The molecule has 6 nitrogen and oxygen atoms in total. The lowest BCUT2D eigenvalue weighted by molar-refractivity contribution is -0.125. The number of ether oxygens (including phenoxy) is 1. The maximum absolute atomic E-state index is 12.1. The molecule has 0 aliphatic carbocycles. The smallest absolute Gasteiger partial charge is 0.258 e. The second-order valence-corrected chi connectivity index (χ2v) is 8.83. The van der Waals surface area contributed by atoms with Gasteiger partial charge in [0.1, 0.15) is 5.75 Å². The molecule has 0 radical (unpaired) electrons. The highest BCUT2D eigenvalue weighted by Crippen LogP contribution is 2.38. The van der Waals surface area contributed by atoms with E-state index in [1.54, 1.807) is 46.9 Å². The fourth-order valence-corrected chi connectivity index (χ4v) is 4.78. The van der Waals surface area contributed by atoms with Gasteiger partial charge in [0.05, 0.1) is 26.5 Å². The third-order valence-electron chi connectivity index (χ3n) is 4.10. The van der Waals surface area contributed by atoms with Gasteiger partial charge in [0.2, 0.25) is 5.91 Å². The van der Waals surface area contributed by atoms with Crippen molar-refractivity contribution in [2.45, 2.75) is 6.92 Å². The van der Waals surface area contributed by atoms with Crippen LogP contribution < -0.4 is 15.4 Å². The van der Waals surface area contributed by atoms with Crippen molar-refractivity contribution in [2.24, 2.45) is 0 Å². The number of nitrogens with one attached hydrogen (secondary N) is 2. The molecule has 2 N–H and O–H groups in total. The van der Waals surface area contributed by atoms with E-state index in [0.717, 1.165) is 25.3 Å². The molecule has 0 aliphatic heterocycles. The van der Waals surface area contributed by atoms with Crippen LogP contribution in [-0.2, 0) is 9.59 Å². The van der Waals surface area contributed by atoms with E-state index in [-0.39, 0.29) is 25.0 Å². The Bertz CT molecular complexity index is 1200. The minimum atomic E-state index is -0.375. The average molecular weight is 446 g/mol. The fourth-order valence-electron chi connectivity index (χ4n) is 2.82. The second-order valence-electron chi connectivity index (χ2n) is 6.24. The Hall–Kier alpha value is -2.68. The maximum atomic E-state index is 12.1. The lowest BCUT2D eigenvalue weighted by Gasteiger charge is -2.09. The zero-order chi connectivity index (χ0) is 20.4. The summed E-state index contributed by atoms with van der Waals surface area (Å²) in [5.41, 5.74) is 1.58. The van der Waals surface area contributed by atoms with Crippen LogP contribution in [0.1, 0.15) is 5.01 Å². The minimum absolute atomic E-state index is 0.147. The van der Waals surface area contributed by atoms with E-state index >= 15 is 0 Å². The minimum Gasteiger partial charge on any atom is -0.483 e. The Kier molecular flexibility index (Phi) is 5.66. The van der Waals surface area contributed by atoms with Gasteiger partial charge in [-0.25, -0.2) is 4.98 Å². The van der Waals surface area contributed by atoms with Gasteiger partial charge in [-0.1, -0.05) is 11.6 Å². The summed E-state index contributed by atoms with van der Waals surface area (Å²) in [6.45, 7) is 1.64. The number of carbonyl (C=O) groups excluding carboxylic acids is 2. The molecular weight excluding hydrogens is 430 g/mol. The van der Waals surface area contributed by atoms with Crippen LogP contribution in [0.15, 0.2) is 41.8 Å². The Balaban J connectivity index is 1.35. The number of carbonyl (C=O) groups is 2. The zero-order valence-corrected chi connectivity index (χ0v) is 17.7. The number of thiophene rings is 1. The van der Waals surface area contributed by atoms with Gasteiger partial charge in [0, 0.05) is 22.2 Å². The first-order valence-corrected chi connectivity index (χ1v) is 10.8. The summed E-state index contributed by atoms with van der Waals surface area (Å²) in [5, 5.41) is 9.72. The number of rotatable bonds is 6. The number of benzene rings is 2. The van der Waals surface area contributed by atoms with Gasteiger partial charge in [-0.05, 0) is 42.6 Å².